The number of hydrogen-bond acceptors (Lipinski definition) is 6. The van der Waals surface area contributed by atoms with Crippen LogP contribution < -0.4 is 30.4 Å². The van der Waals surface area contributed by atoms with Crippen molar-refractivity contribution >= 4 is 28.2 Å². The van der Waals surface area contributed by atoms with Crippen molar-refractivity contribution in [2.45, 2.75) is 13.1 Å². The van der Waals surface area contributed by atoms with E-state index in [1.165, 1.54) is 28.8 Å². The van der Waals surface area contributed by atoms with Crippen molar-refractivity contribution in [3.05, 3.63) is 88.5 Å². The van der Waals surface area contributed by atoms with Crippen LogP contribution in [-0.2, 0) is 17.9 Å². The lowest BCUT2D eigenvalue weighted by molar-refractivity contribution is -0.116. The standard InChI is InChI=1S/C26H22FN3O5/c1-33-21-8-6-19(7-9-21)28-13-17-10-16-11-23-24(35-15-34-23)12-22(16)30(26(17)32)14-25(31)29-20-4-2-18(27)3-5-20/h2-12,28H,13-15H2,1H3,(H,29,31). The van der Waals surface area contributed by atoms with E-state index < -0.39 is 11.7 Å². The van der Waals surface area contributed by atoms with Crippen LogP contribution in [-0.4, -0.2) is 24.4 Å². The molecule has 1 aliphatic heterocycles. The molecule has 0 bridgehead atoms. The summed E-state index contributed by atoms with van der Waals surface area (Å²) in [6.45, 7) is 0.102. The summed E-state index contributed by atoms with van der Waals surface area (Å²) in [5.74, 6) is 0.990. The van der Waals surface area contributed by atoms with E-state index in [0.717, 1.165) is 16.8 Å². The number of nitrogens with zero attached hydrogens (tertiary/aromatic N) is 1. The molecule has 9 heteroatoms. The molecule has 35 heavy (non-hydrogen) atoms. The Bertz CT molecular complexity index is 1450. The third-order valence-electron chi connectivity index (χ3n) is 5.66. The van der Waals surface area contributed by atoms with E-state index in [1.807, 2.05) is 24.3 Å². The van der Waals surface area contributed by atoms with Crippen molar-refractivity contribution in [3.8, 4) is 17.2 Å². The lowest BCUT2D eigenvalue weighted by Crippen LogP contribution is -2.30. The first-order valence-corrected chi connectivity index (χ1v) is 10.9. The van der Waals surface area contributed by atoms with Gasteiger partial charge in [0.1, 0.15) is 18.1 Å². The van der Waals surface area contributed by atoms with Gasteiger partial charge in [-0.2, -0.15) is 0 Å². The molecular weight excluding hydrogens is 453 g/mol. The molecule has 5 rings (SSSR count). The minimum absolute atomic E-state index is 0.0901. The SMILES string of the molecule is COc1ccc(NCc2cc3cc4c(cc3n(CC(=O)Nc3ccc(F)cc3)c2=O)OCO4)cc1. The third-order valence-corrected chi connectivity index (χ3v) is 5.66. The number of rotatable bonds is 7. The molecule has 2 N–H and O–H groups in total. The smallest absolute Gasteiger partial charge is 0.256 e. The van der Waals surface area contributed by atoms with E-state index in [4.69, 9.17) is 14.2 Å². The summed E-state index contributed by atoms with van der Waals surface area (Å²) in [7, 11) is 1.59. The molecule has 1 aromatic heterocycles. The molecule has 1 amide bonds. The Morgan fingerprint density at radius 2 is 1.69 bits per heavy atom. The van der Waals surface area contributed by atoms with Crippen LogP contribution in [0.25, 0.3) is 10.9 Å². The summed E-state index contributed by atoms with van der Waals surface area (Å²) in [6, 6.07) is 18.1. The number of pyridine rings is 1. The first kappa shape index (κ1) is 22.3. The molecule has 4 aromatic rings. The van der Waals surface area contributed by atoms with Crippen LogP contribution in [0.4, 0.5) is 15.8 Å². The van der Waals surface area contributed by atoms with Crippen LogP contribution in [0, 0.1) is 5.82 Å². The number of halogens is 1. The molecule has 0 unspecified atom stereocenters. The number of benzene rings is 3. The van der Waals surface area contributed by atoms with E-state index in [9.17, 15) is 14.0 Å². The zero-order chi connectivity index (χ0) is 24.4. The summed E-state index contributed by atoms with van der Waals surface area (Å²) in [5, 5.41) is 6.67. The number of carbonyl (C=O) groups excluding carboxylic acids is 1. The summed E-state index contributed by atoms with van der Waals surface area (Å²) in [4.78, 5) is 26.2. The molecule has 0 aliphatic carbocycles. The average Bonchev–Trinajstić information content (AvgIpc) is 3.33. The van der Waals surface area contributed by atoms with Crippen LogP contribution in [0.5, 0.6) is 17.2 Å². The Hall–Kier alpha value is -4.53. The number of ether oxygens (including phenoxy) is 3. The third kappa shape index (κ3) is 4.74. The number of anilines is 2. The number of nitrogens with one attached hydrogen (secondary N) is 2. The van der Waals surface area contributed by atoms with Gasteiger partial charge in [0.05, 0.1) is 12.6 Å². The predicted octanol–water partition coefficient (Wildman–Crippen LogP) is 4.13. The highest BCUT2D eigenvalue weighted by atomic mass is 19.1. The van der Waals surface area contributed by atoms with Crippen molar-refractivity contribution < 1.29 is 23.4 Å². The van der Waals surface area contributed by atoms with Gasteiger partial charge in [-0.15, -0.1) is 0 Å². The van der Waals surface area contributed by atoms with Gasteiger partial charge in [-0.05, 0) is 60.7 Å². The minimum Gasteiger partial charge on any atom is -0.497 e. The van der Waals surface area contributed by atoms with Gasteiger partial charge in [0.25, 0.3) is 5.56 Å². The van der Waals surface area contributed by atoms with E-state index in [1.54, 1.807) is 25.3 Å². The second-order valence-corrected chi connectivity index (χ2v) is 7.96. The summed E-state index contributed by atoms with van der Waals surface area (Å²) in [6.07, 6.45) is 0. The first-order chi connectivity index (χ1) is 17.0. The number of carbonyl (C=O) groups is 1. The maximum atomic E-state index is 13.4. The Morgan fingerprint density at radius 1 is 1.00 bits per heavy atom. The lowest BCUT2D eigenvalue weighted by atomic mass is 10.1. The maximum absolute atomic E-state index is 13.4. The fourth-order valence-corrected chi connectivity index (χ4v) is 3.90. The molecule has 8 nitrogen and oxygen atoms in total. The summed E-state index contributed by atoms with van der Waals surface area (Å²) >= 11 is 0. The number of hydrogen-bond donors (Lipinski definition) is 2. The number of methoxy groups -OCH3 is 1. The molecule has 0 radical (unpaired) electrons. The van der Waals surface area contributed by atoms with Crippen molar-refractivity contribution in [1.82, 2.24) is 4.57 Å². The van der Waals surface area contributed by atoms with Gasteiger partial charge in [-0.3, -0.25) is 14.2 Å². The predicted molar refractivity (Wildman–Crippen MR) is 130 cm³/mol. The average molecular weight is 475 g/mol. The summed E-state index contributed by atoms with van der Waals surface area (Å²) in [5.41, 5.74) is 1.95. The lowest BCUT2D eigenvalue weighted by Gasteiger charge is -2.15. The Balaban J connectivity index is 1.47. The maximum Gasteiger partial charge on any atom is 0.256 e. The molecular formula is C26H22FN3O5. The largest absolute Gasteiger partial charge is 0.497 e. The molecule has 0 saturated carbocycles. The quantitative estimate of drug-likeness (QED) is 0.418. The fraction of sp³-hybridized carbons (Fsp3) is 0.154. The molecule has 1 aliphatic rings. The van der Waals surface area contributed by atoms with Gasteiger partial charge < -0.3 is 24.8 Å². The fourth-order valence-electron chi connectivity index (χ4n) is 3.90. The number of fused-ring (bicyclic) bond motifs is 2. The van der Waals surface area contributed by atoms with Gasteiger partial charge in [0.15, 0.2) is 11.5 Å². The van der Waals surface area contributed by atoms with E-state index in [0.29, 0.717) is 28.3 Å². The van der Waals surface area contributed by atoms with Crippen LogP contribution in [0.15, 0.2) is 71.5 Å². The monoisotopic (exact) mass is 475 g/mol. The van der Waals surface area contributed by atoms with Crippen LogP contribution in [0.3, 0.4) is 0 Å². The highest BCUT2D eigenvalue weighted by Crippen LogP contribution is 2.36. The van der Waals surface area contributed by atoms with E-state index in [2.05, 4.69) is 10.6 Å². The molecule has 3 aromatic carbocycles. The zero-order valence-corrected chi connectivity index (χ0v) is 18.8. The van der Waals surface area contributed by atoms with E-state index >= 15 is 0 Å². The van der Waals surface area contributed by atoms with Crippen molar-refractivity contribution in [2.75, 3.05) is 24.5 Å². The Morgan fingerprint density at radius 3 is 2.40 bits per heavy atom. The number of aromatic nitrogens is 1. The normalized spacial score (nSPS) is 11.9. The second-order valence-electron chi connectivity index (χ2n) is 7.96. The van der Waals surface area contributed by atoms with Crippen molar-refractivity contribution in [3.63, 3.8) is 0 Å². The molecule has 178 valence electrons. The minimum atomic E-state index is -0.419. The molecule has 0 spiro atoms. The van der Waals surface area contributed by atoms with Gasteiger partial charge in [0.2, 0.25) is 12.7 Å². The van der Waals surface area contributed by atoms with Gasteiger partial charge in [-0.25, -0.2) is 4.39 Å². The van der Waals surface area contributed by atoms with Crippen LogP contribution in [0.2, 0.25) is 0 Å². The molecule has 0 saturated heterocycles. The Kier molecular flexibility index (Phi) is 5.97. The van der Waals surface area contributed by atoms with Crippen LogP contribution >= 0.6 is 0 Å². The second kappa shape index (κ2) is 9.38. The Labute approximate surface area is 199 Å². The topological polar surface area (TPSA) is 90.8 Å². The zero-order valence-electron chi connectivity index (χ0n) is 18.8. The van der Waals surface area contributed by atoms with Crippen LogP contribution in [0.1, 0.15) is 5.56 Å². The summed E-state index contributed by atoms with van der Waals surface area (Å²) < 4.78 is 30.7. The highest BCUT2D eigenvalue weighted by molar-refractivity contribution is 5.92. The molecule has 2 heterocycles. The first-order valence-electron chi connectivity index (χ1n) is 10.9. The molecule has 0 fully saturated rings. The van der Waals surface area contributed by atoms with Gasteiger partial charge >= 0.3 is 0 Å². The number of amides is 1. The molecule has 0 atom stereocenters. The van der Waals surface area contributed by atoms with E-state index in [-0.39, 0.29) is 25.4 Å². The van der Waals surface area contributed by atoms with Gasteiger partial charge in [0, 0.05) is 34.9 Å². The van der Waals surface area contributed by atoms with Gasteiger partial charge in [-0.1, -0.05) is 0 Å². The van der Waals surface area contributed by atoms with Crippen molar-refractivity contribution in [2.24, 2.45) is 0 Å². The van der Waals surface area contributed by atoms with Crippen molar-refractivity contribution in [1.29, 1.82) is 0 Å². The highest BCUT2D eigenvalue weighted by Gasteiger charge is 2.19.